The molecule has 7 heteroatoms. The first-order chi connectivity index (χ1) is 10.0. The van der Waals surface area contributed by atoms with Crippen LogP contribution in [0.4, 0.5) is 23.0 Å². The molecule has 0 atom stereocenters. The van der Waals surface area contributed by atoms with E-state index in [2.05, 4.69) is 34.4 Å². The molecule has 0 spiro atoms. The lowest BCUT2D eigenvalue weighted by Gasteiger charge is -2.10. The van der Waals surface area contributed by atoms with Gasteiger partial charge in [0.2, 0.25) is 11.6 Å². The topological polar surface area (TPSA) is 93.0 Å². The van der Waals surface area contributed by atoms with Gasteiger partial charge in [-0.25, -0.2) is 9.97 Å². The fourth-order valence-electron chi connectivity index (χ4n) is 1.91. The van der Waals surface area contributed by atoms with Gasteiger partial charge in [0.15, 0.2) is 0 Å². The van der Waals surface area contributed by atoms with Gasteiger partial charge >= 0.3 is 5.69 Å². The van der Waals surface area contributed by atoms with Crippen LogP contribution >= 0.6 is 0 Å². The molecule has 0 bridgehead atoms. The third-order valence-corrected chi connectivity index (χ3v) is 3.08. The number of nitrogens with zero attached hydrogens (tertiary/aromatic N) is 3. The van der Waals surface area contributed by atoms with E-state index in [1.165, 1.54) is 11.9 Å². The molecule has 0 unspecified atom stereocenters. The second-order valence-electron chi connectivity index (χ2n) is 4.83. The van der Waals surface area contributed by atoms with Crippen LogP contribution in [0, 0.1) is 10.1 Å². The highest BCUT2D eigenvalue weighted by Gasteiger charge is 2.22. The third-order valence-electron chi connectivity index (χ3n) is 3.08. The van der Waals surface area contributed by atoms with E-state index in [4.69, 9.17) is 0 Å². The molecule has 0 aliphatic heterocycles. The van der Waals surface area contributed by atoms with Gasteiger partial charge < -0.3 is 10.6 Å². The van der Waals surface area contributed by atoms with Crippen LogP contribution in [0.5, 0.6) is 0 Å². The molecule has 1 heterocycles. The van der Waals surface area contributed by atoms with E-state index in [9.17, 15) is 10.1 Å². The highest BCUT2D eigenvalue weighted by atomic mass is 16.6. The van der Waals surface area contributed by atoms with E-state index in [-0.39, 0.29) is 17.3 Å². The van der Waals surface area contributed by atoms with Crippen molar-refractivity contribution in [1.82, 2.24) is 9.97 Å². The summed E-state index contributed by atoms with van der Waals surface area (Å²) in [7, 11) is 1.58. The molecule has 1 aromatic heterocycles. The van der Waals surface area contributed by atoms with Gasteiger partial charge in [-0.3, -0.25) is 10.1 Å². The Morgan fingerprint density at radius 1 is 1.14 bits per heavy atom. The minimum absolute atomic E-state index is 0.164. The third kappa shape index (κ3) is 3.25. The van der Waals surface area contributed by atoms with E-state index < -0.39 is 4.92 Å². The highest BCUT2D eigenvalue weighted by molar-refractivity contribution is 5.73. The maximum atomic E-state index is 11.2. The molecule has 2 aromatic rings. The number of hydrogen-bond acceptors (Lipinski definition) is 6. The molecule has 2 rings (SSSR count). The zero-order valence-electron chi connectivity index (χ0n) is 12.1. The Kier molecular flexibility index (Phi) is 4.32. The zero-order valence-corrected chi connectivity index (χ0v) is 12.1. The number of rotatable bonds is 5. The molecule has 2 N–H and O–H groups in total. The van der Waals surface area contributed by atoms with E-state index in [1.54, 1.807) is 7.05 Å². The summed E-state index contributed by atoms with van der Waals surface area (Å²) in [6.45, 7) is 4.22. The lowest BCUT2D eigenvalue weighted by atomic mass is 10.0. The second-order valence-corrected chi connectivity index (χ2v) is 4.83. The van der Waals surface area contributed by atoms with Crippen LogP contribution in [0.15, 0.2) is 30.6 Å². The summed E-state index contributed by atoms with van der Waals surface area (Å²) in [5.41, 5.74) is 1.77. The molecular weight excluding hydrogens is 270 g/mol. The Morgan fingerprint density at radius 2 is 1.76 bits per heavy atom. The zero-order chi connectivity index (χ0) is 15.4. The summed E-state index contributed by atoms with van der Waals surface area (Å²) in [4.78, 5) is 18.5. The Labute approximate surface area is 122 Å². The SMILES string of the molecule is CNc1ncnc(Nc2ccc(C(C)C)cc2)c1[N+](=O)[O-]. The van der Waals surface area contributed by atoms with E-state index in [1.807, 2.05) is 24.3 Å². The van der Waals surface area contributed by atoms with E-state index >= 15 is 0 Å². The van der Waals surface area contributed by atoms with Crippen LogP contribution in [-0.2, 0) is 0 Å². The molecule has 21 heavy (non-hydrogen) atoms. The molecule has 0 amide bonds. The van der Waals surface area contributed by atoms with Crippen molar-refractivity contribution in [2.24, 2.45) is 0 Å². The molecule has 1 aromatic carbocycles. The molecule has 0 radical (unpaired) electrons. The first-order valence-electron chi connectivity index (χ1n) is 6.57. The van der Waals surface area contributed by atoms with Crippen LogP contribution in [0.3, 0.4) is 0 Å². The van der Waals surface area contributed by atoms with Gasteiger partial charge in [0.05, 0.1) is 4.92 Å². The fraction of sp³-hybridized carbons (Fsp3) is 0.286. The maximum Gasteiger partial charge on any atom is 0.353 e. The van der Waals surface area contributed by atoms with Crippen LogP contribution in [0.1, 0.15) is 25.3 Å². The lowest BCUT2D eigenvalue weighted by molar-refractivity contribution is -0.383. The van der Waals surface area contributed by atoms with Crippen LogP contribution < -0.4 is 10.6 Å². The summed E-state index contributed by atoms with van der Waals surface area (Å²) in [6, 6.07) is 7.72. The molecule has 0 saturated heterocycles. The average Bonchev–Trinajstić information content (AvgIpc) is 2.47. The van der Waals surface area contributed by atoms with Crippen molar-refractivity contribution in [2.75, 3.05) is 17.7 Å². The van der Waals surface area contributed by atoms with Crippen molar-refractivity contribution in [3.63, 3.8) is 0 Å². The molecule has 110 valence electrons. The summed E-state index contributed by atoms with van der Waals surface area (Å²) >= 11 is 0. The van der Waals surface area contributed by atoms with Crippen LogP contribution in [-0.4, -0.2) is 21.9 Å². The smallest absolute Gasteiger partial charge is 0.353 e. The average molecular weight is 287 g/mol. The normalized spacial score (nSPS) is 10.5. The highest BCUT2D eigenvalue weighted by Crippen LogP contribution is 2.31. The summed E-state index contributed by atoms with van der Waals surface area (Å²) < 4.78 is 0. The number of nitrogens with one attached hydrogen (secondary N) is 2. The van der Waals surface area contributed by atoms with Gasteiger partial charge in [0.25, 0.3) is 0 Å². The monoisotopic (exact) mass is 287 g/mol. The molecule has 0 aliphatic rings. The summed E-state index contributed by atoms with van der Waals surface area (Å²) in [5, 5.41) is 16.8. The first-order valence-corrected chi connectivity index (χ1v) is 6.57. The molecule has 0 saturated carbocycles. The van der Waals surface area contributed by atoms with Crippen molar-refractivity contribution in [2.45, 2.75) is 19.8 Å². The van der Waals surface area contributed by atoms with Gasteiger partial charge in [0, 0.05) is 12.7 Å². The molecule has 0 aliphatic carbocycles. The Bertz CT molecular complexity index is 640. The Balaban J connectivity index is 2.33. The number of hydrogen-bond donors (Lipinski definition) is 2. The van der Waals surface area contributed by atoms with Crippen molar-refractivity contribution in [3.05, 3.63) is 46.3 Å². The van der Waals surface area contributed by atoms with Gasteiger partial charge in [-0.15, -0.1) is 0 Å². The summed E-state index contributed by atoms with van der Waals surface area (Å²) in [5.74, 6) is 0.774. The largest absolute Gasteiger partial charge is 0.367 e. The minimum Gasteiger partial charge on any atom is -0.367 e. The molecule has 0 fully saturated rings. The van der Waals surface area contributed by atoms with Gasteiger partial charge in [-0.1, -0.05) is 26.0 Å². The summed E-state index contributed by atoms with van der Waals surface area (Å²) in [6.07, 6.45) is 1.28. The number of aromatic nitrogens is 2. The molecular formula is C14H17N5O2. The maximum absolute atomic E-state index is 11.2. The first kappa shape index (κ1) is 14.7. The van der Waals surface area contributed by atoms with Crippen molar-refractivity contribution in [3.8, 4) is 0 Å². The standard InChI is InChI=1S/C14H17N5O2/c1-9(2)10-4-6-11(7-5-10)18-14-12(19(20)21)13(15-3)16-8-17-14/h4-9H,1-3H3,(H2,15,16,17,18). The van der Waals surface area contributed by atoms with Crippen molar-refractivity contribution >= 4 is 23.0 Å². The van der Waals surface area contributed by atoms with Crippen molar-refractivity contribution in [1.29, 1.82) is 0 Å². The van der Waals surface area contributed by atoms with E-state index in [0.29, 0.717) is 5.92 Å². The number of anilines is 3. The van der Waals surface area contributed by atoms with Gasteiger partial charge in [-0.2, -0.15) is 0 Å². The predicted molar refractivity (Wildman–Crippen MR) is 82.0 cm³/mol. The molecule has 7 nitrogen and oxygen atoms in total. The lowest BCUT2D eigenvalue weighted by Crippen LogP contribution is -2.05. The quantitative estimate of drug-likeness (QED) is 0.647. The van der Waals surface area contributed by atoms with Gasteiger partial charge in [-0.05, 0) is 23.6 Å². The number of benzene rings is 1. The predicted octanol–water partition coefficient (Wildman–Crippen LogP) is 3.29. The van der Waals surface area contributed by atoms with Crippen LogP contribution in [0.2, 0.25) is 0 Å². The van der Waals surface area contributed by atoms with Crippen molar-refractivity contribution < 1.29 is 4.92 Å². The second kappa shape index (κ2) is 6.17. The number of nitro groups is 1. The van der Waals surface area contributed by atoms with E-state index in [0.717, 1.165) is 5.69 Å². The fourth-order valence-corrected chi connectivity index (χ4v) is 1.91. The Hall–Kier alpha value is -2.70. The minimum atomic E-state index is -0.503. The van der Waals surface area contributed by atoms with Crippen LogP contribution in [0.25, 0.3) is 0 Å². The van der Waals surface area contributed by atoms with Gasteiger partial charge in [0.1, 0.15) is 6.33 Å². The Morgan fingerprint density at radius 3 is 2.29 bits per heavy atom.